The summed E-state index contributed by atoms with van der Waals surface area (Å²) >= 11 is 0. The second kappa shape index (κ2) is 6.50. The third-order valence-corrected chi connectivity index (χ3v) is 4.38. The Morgan fingerprint density at radius 3 is 2.71 bits per heavy atom. The van der Waals surface area contributed by atoms with Crippen LogP contribution in [0.15, 0.2) is 12.1 Å². The van der Waals surface area contributed by atoms with Crippen molar-refractivity contribution in [2.24, 2.45) is 5.92 Å². The molecule has 0 unspecified atom stereocenters. The molecular formula is C18H27NO2. The Labute approximate surface area is 128 Å². The van der Waals surface area contributed by atoms with Gasteiger partial charge in [-0.1, -0.05) is 13.0 Å². The van der Waals surface area contributed by atoms with Crippen molar-refractivity contribution in [3.8, 4) is 5.75 Å². The first kappa shape index (κ1) is 15.9. The first-order valence-electron chi connectivity index (χ1n) is 7.91. The van der Waals surface area contributed by atoms with E-state index in [2.05, 4.69) is 26.8 Å². The number of benzene rings is 1. The molecule has 0 radical (unpaired) electrons. The highest BCUT2D eigenvalue weighted by molar-refractivity contribution is 5.81. The molecule has 3 heteroatoms. The number of carbonyl (C=O) groups is 1. The predicted molar refractivity (Wildman–Crippen MR) is 85.7 cm³/mol. The number of aryl methyl sites for hydroxylation is 2. The first-order chi connectivity index (χ1) is 9.88. The van der Waals surface area contributed by atoms with Crippen LogP contribution in [0.25, 0.3) is 0 Å². The van der Waals surface area contributed by atoms with Gasteiger partial charge in [-0.2, -0.15) is 0 Å². The largest absolute Gasteiger partial charge is 0.481 e. The third-order valence-electron chi connectivity index (χ3n) is 4.38. The fourth-order valence-corrected chi connectivity index (χ4v) is 3.01. The van der Waals surface area contributed by atoms with Gasteiger partial charge in [-0.3, -0.25) is 4.79 Å². The number of ether oxygens (including phenoxy) is 1. The minimum absolute atomic E-state index is 0.111. The highest BCUT2D eigenvalue weighted by Crippen LogP contribution is 2.25. The molecule has 1 amide bonds. The van der Waals surface area contributed by atoms with Gasteiger partial charge in [-0.25, -0.2) is 0 Å². The molecule has 2 atom stereocenters. The van der Waals surface area contributed by atoms with Crippen LogP contribution in [0, 0.1) is 26.7 Å². The number of likely N-dealkylation sites (tertiary alicyclic amines) is 1. The smallest absolute Gasteiger partial charge is 0.263 e. The molecule has 1 fully saturated rings. The van der Waals surface area contributed by atoms with Gasteiger partial charge in [0.15, 0.2) is 6.10 Å². The van der Waals surface area contributed by atoms with Gasteiger partial charge in [0.25, 0.3) is 5.91 Å². The van der Waals surface area contributed by atoms with Crippen molar-refractivity contribution >= 4 is 5.91 Å². The Balaban J connectivity index is 2.07. The van der Waals surface area contributed by atoms with Crippen LogP contribution in [0.5, 0.6) is 5.75 Å². The molecule has 0 bridgehead atoms. The Bertz CT molecular complexity index is 524. The molecule has 0 aromatic heterocycles. The SMILES string of the molecule is Cc1cc(C)c(C)c(O[C@@H](C)C(=O)N2CCC[C@H](C)C2)c1. The monoisotopic (exact) mass is 289 g/mol. The lowest BCUT2D eigenvalue weighted by atomic mass is 10.00. The quantitative estimate of drug-likeness (QED) is 0.850. The Morgan fingerprint density at radius 1 is 1.33 bits per heavy atom. The zero-order valence-corrected chi connectivity index (χ0v) is 13.9. The van der Waals surface area contributed by atoms with Crippen LogP contribution >= 0.6 is 0 Å². The van der Waals surface area contributed by atoms with Gasteiger partial charge in [0.1, 0.15) is 5.75 Å². The molecule has 1 aromatic rings. The summed E-state index contributed by atoms with van der Waals surface area (Å²) in [6, 6.07) is 4.16. The average molecular weight is 289 g/mol. The molecule has 116 valence electrons. The van der Waals surface area contributed by atoms with E-state index in [1.165, 1.54) is 17.5 Å². The maximum atomic E-state index is 12.5. The van der Waals surface area contributed by atoms with Crippen molar-refractivity contribution < 1.29 is 9.53 Å². The number of amides is 1. The fourth-order valence-electron chi connectivity index (χ4n) is 3.01. The molecule has 0 spiro atoms. The van der Waals surface area contributed by atoms with Crippen LogP contribution in [0.1, 0.15) is 43.4 Å². The third kappa shape index (κ3) is 3.78. The molecule has 2 rings (SSSR count). The summed E-state index contributed by atoms with van der Waals surface area (Å²) in [5.41, 5.74) is 3.49. The molecule has 1 aliphatic rings. The normalized spacial score (nSPS) is 20.2. The molecule has 0 saturated carbocycles. The fraction of sp³-hybridized carbons (Fsp3) is 0.611. The van der Waals surface area contributed by atoms with E-state index in [0.29, 0.717) is 5.92 Å². The van der Waals surface area contributed by atoms with E-state index < -0.39 is 6.10 Å². The van der Waals surface area contributed by atoms with E-state index in [-0.39, 0.29) is 5.91 Å². The van der Waals surface area contributed by atoms with Gasteiger partial charge in [0.2, 0.25) is 0 Å². The number of piperidine rings is 1. The highest BCUT2D eigenvalue weighted by atomic mass is 16.5. The predicted octanol–water partition coefficient (Wildman–Crippen LogP) is 3.64. The minimum atomic E-state index is -0.421. The van der Waals surface area contributed by atoms with Crippen LogP contribution in [0.4, 0.5) is 0 Å². The van der Waals surface area contributed by atoms with Gasteiger partial charge >= 0.3 is 0 Å². The summed E-state index contributed by atoms with van der Waals surface area (Å²) < 4.78 is 5.97. The molecule has 1 aromatic carbocycles. The zero-order valence-electron chi connectivity index (χ0n) is 13.9. The van der Waals surface area contributed by atoms with Gasteiger partial charge in [-0.05, 0) is 69.2 Å². The van der Waals surface area contributed by atoms with Crippen molar-refractivity contribution in [1.82, 2.24) is 4.90 Å². The second-order valence-corrected chi connectivity index (χ2v) is 6.50. The van der Waals surface area contributed by atoms with E-state index in [4.69, 9.17) is 4.74 Å². The van der Waals surface area contributed by atoms with Gasteiger partial charge < -0.3 is 9.64 Å². The molecule has 21 heavy (non-hydrogen) atoms. The second-order valence-electron chi connectivity index (χ2n) is 6.50. The summed E-state index contributed by atoms with van der Waals surface area (Å²) in [5, 5.41) is 0. The number of hydrogen-bond acceptors (Lipinski definition) is 2. The van der Waals surface area contributed by atoms with Crippen LogP contribution in [0.3, 0.4) is 0 Å². The average Bonchev–Trinajstić information content (AvgIpc) is 2.43. The van der Waals surface area contributed by atoms with Gasteiger partial charge in [0, 0.05) is 13.1 Å². The van der Waals surface area contributed by atoms with Crippen LogP contribution in [0.2, 0.25) is 0 Å². The molecule has 0 N–H and O–H groups in total. The van der Waals surface area contributed by atoms with Crippen molar-refractivity contribution in [3.63, 3.8) is 0 Å². The van der Waals surface area contributed by atoms with Crippen LogP contribution < -0.4 is 4.74 Å². The minimum Gasteiger partial charge on any atom is -0.481 e. The molecule has 1 heterocycles. The zero-order chi connectivity index (χ0) is 15.6. The van der Waals surface area contributed by atoms with Crippen molar-refractivity contribution in [2.75, 3.05) is 13.1 Å². The highest BCUT2D eigenvalue weighted by Gasteiger charge is 2.26. The van der Waals surface area contributed by atoms with Crippen LogP contribution in [-0.4, -0.2) is 30.0 Å². The van der Waals surface area contributed by atoms with E-state index in [9.17, 15) is 4.79 Å². The topological polar surface area (TPSA) is 29.5 Å². The summed E-state index contributed by atoms with van der Waals surface area (Å²) in [7, 11) is 0. The molecule has 1 saturated heterocycles. The van der Waals surface area contributed by atoms with Gasteiger partial charge in [0.05, 0.1) is 0 Å². The van der Waals surface area contributed by atoms with Crippen molar-refractivity contribution in [3.05, 3.63) is 28.8 Å². The van der Waals surface area contributed by atoms with E-state index >= 15 is 0 Å². The van der Waals surface area contributed by atoms with Gasteiger partial charge in [-0.15, -0.1) is 0 Å². The van der Waals surface area contributed by atoms with Crippen molar-refractivity contribution in [2.45, 2.75) is 53.6 Å². The molecular weight excluding hydrogens is 262 g/mol. The summed E-state index contributed by atoms with van der Waals surface area (Å²) in [6.45, 7) is 12.0. The lowest BCUT2D eigenvalue weighted by molar-refractivity contribution is -0.139. The summed E-state index contributed by atoms with van der Waals surface area (Å²) in [5.74, 6) is 1.54. The summed E-state index contributed by atoms with van der Waals surface area (Å²) in [4.78, 5) is 14.5. The van der Waals surface area contributed by atoms with E-state index in [1.54, 1.807) is 0 Å². The maximum absolute atomic E-state index is 12.5. The van der Waals surface area contributed by atoms with E-state index in [0.717, 1.165) is 30.8 Å². The summed E-state index contributed by atoms with van der Waals surface area (Å²) in [6.07, 6.45) is 1.90. The standard InChI is InChI=1S/C18H27NO2/c1-12-7-6-8-19(11-12)18(20)16(5)21-17-10-13(2)9-14(3)15(17)4/h9-10,12,16H,6-8,11H2,1-5H3/t12-,16-/m0/s1. The van der Waals surface area contributed by atoms with Crippen molar-refractivity contribution in [1.29, 1.82) is 0 Å². The number of rotatable bonds is 3. The van der Waals surface area contributed by atoms with E-state index in [1.807, 2.05) is 24.8 Å². The van der Waals surface area contributed by atoms with Crippen LogP contribution in [-0.2, 0) is 4.79 Å². The molecule has 1 aliphatic heterocycles. The lowest BCUT2D eigenvalue weighted by Gasteiger charge is -2.33. The molecule has 3 nitrogen and oxygen atoms in total. The maximum Gasteiger partial charge on any atom is 0.263 e. The molecule has 0 aliphatic carbocycles. The number of nitrogens with zero attached hydrogens (tertiary/aromatic N) is 1. The lowest BCUT2D eigenvalue weighted by Crippen LogP contribution is -2.45. The Kier molecular flexibility index (Phi) is 4.92. The Morgan fingerprint density at radius 2 is 2.05 bits per heavy atom. The number of hydrogen-bond donors (Lipinski definition) is 0. The Hall–Kier alpha value is -1.51. The number of carbonyl (C=O) groups excluding carboxylic acids is 1. The first-order valence-corrected chi connectivity index (χ1v) is 7.91.